The lowest BCUT2D eigenvalue weighted by Crippen LogP contribution is -2.45. The summed E-state index contributed by atoms with van der Waals surface area (Å²) in [6.45, 7) is 2.45. The van der Waals surface area contributed by atoms with Crippen LogP contribution in [0.2, 0.25) is 0 Å². The highest BCUT2D eigenvalue weighted by atomic mass is 32.2. The molecule has 11 nitrogen and oxygen atoms in total. The van der Waals surface area contributed by atoms with Gasteiger partial charge in [-0.3, -0.25) is 19.8 Å². The first-order valence-corrected chi connectivity index (χ1v) is 13.1. The van der Waals surface area contributed by atoms with E-state index in [0.717, 1.165) is 10.8 Å². The molecule has 3 aromatic carbocycles. The largest absolute Gasteiger partial charge is 0.494 e. The minimum Gasteiger partial charge on any atom is -0.494 e. The first kappa shape index (κ1) is 28.3. The molecule has 0 bridgehead atoms. The highest BCUT2D eigenvalue weighted by molar-refractivity contribution is 8.15. The molecule has 4 rings (SSSR count). The van der Waals surface area contributed by atoms with Crippen LogP contribution in [0.3, 0.4) is 0 Å². The van der Waals surface area contributed by atoms with E-state index in [0.29, 0.717) is 46.0 Å². The summed E-state index contributed by atoms with van der Waals surface area (Å²) in [7, 11) is 4.41. The number of methoxy groups -OCH3 is 3. The maximum absolute atomic E-state index is 12.9. The van der Waals surface area contributed by atoms with E-state index in [9.17, 15) is 14.4 Å². The van der Waals surface area contributed by atoms with Crippen LogP contribution in [0.25, 0.3) is 0 Å². The summed E-state index contributed by atoms with van der Waals surface area (Å²) in [5.74, 6) is 0.732. The van der Waals surface area contributed by atoms with Crippen LogP contribution in [0.15, 0.2) is 65.7 Å². The molecular weight excluding hydrogens is 536 g/mol. The Morgan fingerprint density at radius 1 is 0.900 bits per heavy atom. The zero-order valence-corrected chi connectivity index (χ0v) is 23.2. The van der Waals surface area contributed by atoms with Crippen molar-refractivity contribution < 1.29 is 33.3 Å². The average Bonchev–Trinajstić information content (AvgIpc) is 3.31. The van der Waals surface area contributed by atoms with Crippen LogP contribution < -0.4 is 29.7 Å². The minimum atomic E-state index is -0.502. The van der Waals surface area contributed by atoms with Crippen LogP contribution in [0.1, 0.15) is 27.6 Å². The Hall–Kier alpha value is -4.71. The molecule has 12 heteroatoms. The van der Waals surface area contributed by atoms with Crippen molar-refractivity contribution >= 4 is 46.0 Å². The summed E-state index contributed by atoms with van der Waals surface area (Å²) in [4.78, 5) is 42.7. The Bertz CT molecular complexity index is 1400. The molecule has 0 aromatic heterocycles. The number of amidine groups is 1. The minimum absolute atomic E-state index is 0.155. The number of benzene rings is 3. The fourth-order valence-corrected chi connectivity index (χ4v) is 4.56. The van der Waals surface area contributed by atoms with Crippen molar-refractivity contribution in [3.8, 4) is 23.0 Å². The molecule has 0 aliphatic carbocycles. The van der Waals surface area contributed by atoms with E-state index >= 15 is 0 Å². The maximum atomic E-state index is 12.9. The lowest BCUT2D eigenvalue weighted by atomic mass is 10.1. The quantitative estimate of drug-likeness (QED) is 0.374. The van der Waals surface area contributed by atoms with Crippen LogP contribution in [0, 0.1) is 0 Å². The average molecular weight is 565 g/mol. The summed E-state index contributed by atoms with van der Waals surface area (Å²) in [5, 5.41) is 4.27. The van der Waals surface area contributed by atoms with Crippen molar-refractivity contribution in [2.24, 2.45) is 4.99 Å². The van der Waals surface area contributed by atoms with Crippen molar-refractivity contribution in [1.82, 2.24) is 10.4 Å². The van der Waals surface area contributed by atoms with Gasteiger partial charge in [0.2, 0.25) is 5.75 Å². The molecule has 2 N–H and O–H groups in total. The Kier molecular flexibility index (Phi) is 9.12. The summed E-state index contributed by atoms with van der Waals surface area (Å²) in [6.07, 6.45) is 0. The fraction of sp³-hybridized carbons (Fsp3) is 0.214. The predicted molar refractivity (Wildman–Crippen MR) is 152 cm³/mol. The lowest BCUT2D eigenvalue weighted by molar-refractivity contribution is -0.125. The molecule has 0 atom stereocenters. The number of ether oxygens (including phenoxy) is 4. The zero-order chi connectivity index (χ0) is 28.6. The van der Waals surface area contributed by atoms with E-state index in [1.54, 1.807) is 36.4 Å². The number of amides is 3. The standard InChI is InChI=1S/C28H28N4O7S/c1-5-39-21-12-10-20(11-13-21)30-28-32(24(33)16-40-28)31-27(35)17-6-8-19(9-7-17)29-26(34)18-14-22(36-2)25(38-4)23(15-18)37-3/h6-15H,5,16H2,1-4H3,(H,29,34)(H,31,35). The van der Waals surface area contributed by atoms with E-state index in [2.05, 4.69) is 15.7 Å². The molecular formula is C28H28N4O7S. The second kappa shape index (κ2) is 12.9. The van der Waals surface area contributed by atoms with E-state index in [4.69, 9.17) is 18.9 Å². The Morgan fingerprint density at radius 3 is 2.12 bits per heavy atom. The molecule has 1 heterocycles. The third kappa shape index (κ3) is 6.46. The van der Waals surface area contributed by atoms with E-state index < -0.39 is 11.8 Å². The van der Waals surface area contributed by atoms with Crippen LogP contribution in [0.4, 0.5) is 11.4 Å². The predicted octanol–water partition coefficient (Wildman–Crippen LogP) is 4.27. The second-order valence-corrected chi connectivity index (χ2v) is 9.17. The number of aliphatic imine (C=N–C) groups is 1. The molecule has 3 amide bonds. The summed E-state index contributed by atoms with van der Waals surface area (Å²) >= 11 is 1.23. The van der Waals surface area contributed by atoms with E-state index in [1.165, 1.54) is 57.4 Å². The van der Waals surface area contributed by atoms with Gasteiger partial charge in [-0.25, -0.2) is 4.99 Å². The monoisotopic (exact) mass is 564 g/mol. The number of carbonyl (C=O) groups is 3. The van der Waals surface area contributed by atoms with Crippen molar-refractivity contribution in [3.63, 3.8) is 0 Å². The van der Waals surface area contributed by atoms with Crippen molar-refractivity contribution in [2.75, 3.05) is 39.0 Å². The molecule has 1 aliphatic rings. The normalized spacial score (nSPS) is 13.7. The number of hydrogen-bond donors (Lipinski definition) is 2. The first-order chi connectivity index (χ1) is 19.4. The summed E-state index contributed by atoms with van der Waals surface area (Å²) < 4.78 is 21.3. The van der Waals surface area contributed by atoms with Gasteiger partial charge < -0.3 is 24.3 Å². The molecule has 0 saturated carbocycles. The fourth-order valence-electron chi connectivity index (χ4n) is 3.73. The smallest absolute Gasteiger partial charge is 0.270 e. The van der Waals surface area contributed by atoms with Crippen LogP contribution in [-0.4, -0.2) is 61.6 Å². The first-order valence-electron chi connectivity index (χ1n) is 12.2. The van der Waals surface area contributed by atoms with Crippen molar-refractivity contribution in [3.05, 3.63) is 71.8 Å². The number of carbonyl (C=O) groups excluding carboxylic acids is 3. The Labute approximate surface area is 235 Å². The highest BCUT2D eigenvalue weighted by Crippen LogP contribution is 2.38. The third-order valence-electron chi connectivity index (χ3n) is 5.68. The number of nitrogens with one attached hydrogen (secondary N) is 2. The van der Waals surface area contributed by atoms with Gasteiger partial charge >= 0.3 is 0 Å². The SMILES string of the molecule is CCOc1ccc(N=C2SCC(=O)N2NC(=O)c2ccc(NC(=O)c3cc(OC)c(OC)c(OC)c3)cc2)cc1. The molecule has 3 aromatic rings. The molecule has 1 saturated heterocycles. The number of rotatable bonds is 10. The van der Waals surface area contributed by atoms with Gasteiger partial charge in [0.25, 0.3) is 17.7 Å². The van der Waals surface area contributed by atoms with Gasteiger partial charge in [-0.15, -0.1) is 0 Å². The lowest BCUT2D eigenvalue weighted by Gasteiger charge is -2.17. The summed E-state index contributed by atoms with van der Waals surface area (Å²) in [5.41, 5.74) is 4.27. The van der Waals surface area contributed by atoms with Gasteiger partial charge in [-0.2, -0.15) is 5.01 Å². The number of hydrogen-bond acceptors (Lipinski definition) is 9. The van der Waals surface area contributed by atoms with Crippen LogP contribution in [0.5, 0.6) is 23.0 Å². The third-order valence-corrected chi connectivity index (χ3v) is 6.61. The van der Waals surface area contributed by atoms with Crippen molar-refractivity contribution in [1.29, 1.82) is 0 Å². The molecule has 0 radical (unpaired) electrons. The number of anilines is 1. The van der Waals surface area contributed by atoms with Gasteiger partial charge in [0.05, 0.1) is 39.4 Å². The summed E-state index contributed by atoms with van der Waals surface area (Å²) in [6, 6.07) is 16.4. The molecule has 0 spiro atoms. The van der Waals surface area contributed by atoms with Crippen LogP contribution in [-0.2, 0) is 4.79 Å². The van der Waals surface area contributed by atoms with E-state index in [1.807, 2.05) is 6.92 Å². The number of thioether (sulfide) groups is 1. The van der Waals surface area contributed by atoms with Gasteiger partial charge in [-0.1, -0.05) is 11.8 Å². The van der Waals surface area contributed by atoms with Gasteiger partial charge in [0.15, 0.2) is 16.7 Å². The molecule has 1 fully saturated rings. The highest BCUT2D eigenvalue weighted by Gasteiger charge is 2.30. The van der Waals surface area contributed by atoms with E-state index in [-0.39, 0.29) is 17.2 Å². The molecule has 1 aliphatic heterocycles. The second-order valence-electron chi connectivity index (χ2n) is 8.23. The van der Waals surface area contributed by atoms with Gasteiger partial charge in [0.1, 0.15) is 5.75 Å². The molecule has 0 unspecified atom stereocenters. The Balaban J connectivity index is 1.43. The number of hydrazine groups is 1. The van der Waals surface area contributed by atoms with Crippen LogP contribution >= 0.6 is 11.8 Å². The topological polar surface area (TPSA) is 128 Å². The number of nitrogens with zero attached hydrogens (tertiary/aromatic N) is 2. The van der Waals surface area contributed by atoms with Gasteiger partial charge in [0, 0.05) is 16.8 Å². The molecule has 40 heavy (non-hydrogen) atoms. The molecule has 208 valence electrons. The zero-order valence-electron chi connectivity index (χ0n) is 22.3. The van der Waals surface area contributed by atoms with Crippen molar-refractivity contribution in [2.45, 2.75) is 6.92 Å². The Morgan fingerprint density at radius 2 is 1.55 bits per heavy atom. The maximum Gasteiger partial charge on any atom is 0.270 e. The van der Waals surface area contributed by atoms with Gasteiger partial charge in [-0.05, 0) is 67.6 Å².